The quantitative estimate of drug-likeness (QED) is 0.193. The van der Waals surface area contributed by atoms with Gasteiger partial charge >= 0.3 is 0 Å². The minimum absolute atomic E-state index is 0. The first-order chi connectivity index (χ1) is 15.2. The third-order valence-electron chi connectivity index (χ3n) is 5.10. The number of benzene rings is 3. The van der Waals surface area contributed by atoms with E-state index in [1.807, 2.05) is 6.92 Å². The number of rotatable bonds is 7. The number of nitrogens with two attached hydrogens (primary N) is 2. The van der Waals surface area contributed by atoms with E-state index in [0.29, 0.717) is 33.5 Å². The average Bonchev–Trinajstić information content (AvgIpc) is 2.74. The fourth-order valence-corrected chi connectivity index (χ4v) is 3.39. The van der Waals surface area contributed by atoms with Crippen LogP contribution in [0.2, 0.25) is 0 Å². The van der Waals surface area contributed by atoms with Crippen LogP contribution < -0.4 is 16.8 Å². The molecule has 1 atom stereocenters. The molecular formula is C24H27Cl2N5O3. The number of amides is 1. The van der Waals surface area contributed by atoms with Crippen molar-refractivity contribution in [2.24, 2.45) is 11.5 Å². The Kier molecular flexibility index (Phi) is 10.1. The molecule has 0 aromatic heterocycles. The molecular weight excluding hydrogens is 477 g/mol. The third kappa shape index (κ3) is 6.71. The van der Waals surface area contributed by atoms with Crippen LogP contribution in [0.15, 0.2) is 60.7 Å². The molecule has 0 fully saturated rings. The van der Waals surface area contributed by atoms with Crippen LogP contribution in [0.25, 0.3) is 0 Å². The van der Waals surface area contributed by atoms with Crippen LogP contribution in [0.1, 0.15) is 39.5 Å². The number of aliphatic hydroxyl groups is 1. The molecule has 0 heterocycles. The average molecular weight is 504 g/mol. The van der Waals surface area contributed by atoms with E-state index < -0.39 is 6.10 Å². The molecule has 0 spiro atoms. The van der Waals surface area contributed by atoms with Gasteiger partial charge in [-0.05, 0) is 60.0 Å². The van der Waals surface area contributed by atoms with Gasteiger partial charge in [0.15, 0.2) is 0 Å². The predicted molar refractivity (Wildman–Crippen MR) is 139 cm³/mol. The van der Waals surface area contributed by atoms with E-state index >= 15 is 0 Å². The van der Waals surface area contributed by atoms with Gasteiger partial charge in [0.25, 0.3) is 0 Å². The zero-order valence-electron chi connectivity index (χ0n) is 18.3. The molecule has 180 valence electrons. The minimum Gasteiger partial charge on any atom is -0.508 e. The van der Waals surface area contributed by atoms with Crippen LogP contribution in [0.4, 0.5) is 5.69 Å². The lowest BCUT2D eigenvalue weighted by molar-refractivity contribution is -0.115. The Labute approximate surface area is 209 Å². The Balaban J connectivity index is 0.00000289. The van der Waals surface area contributed by atoms with E-state index in [2.05, 4.69) is 5.32 Å². The number of carbonyl (C=O) groups excluding carboxylic acids is 1. The van der Waals surface area contributed by atoms with Crippen LogP contribution in [0, 0.1) is 17.7 Å². The van der Waals surface area contributed by atoms with E-state index in [4.69, 9.17) is 22.3 Å². The molecule has 0 bridgehead atoms. The SMILES string of the molecule is Cc1cc(NC(=O)Cc2cc(C(=N)N)ccc2O)ccc1C(O)c1cccc(C(=N)N)c1.Cl.Cl. The van der Waals surface area contributed by atoms with Gasteiger partial charge in [-0.2, -0.15) is 0 Å². The maximum atomic E-state index is 12.5. The van der Waals surface area contributed by atoms with Gasteiger partial charge < -0.3 is 27.0 Å². The third-order valence-corrected chi connectivity index (χ3v) is 5.10. The van der Waals surface area contributed by atoms with Gasteiger partial charge in [0.2, 0.25) is 5.91 Å². The van der Waals surface area contributed by atoms with E-state index in [9.17, 15) is 15.0 Å². The lowest BCUT2D eigenvalue weighted by Crippen LogP contribution is -2.16. The second-order valence-electron chi connectivity index (χ2n) is 7.50. The van der Waals surface area contributed by atoms with Crippen molar-refractivity contribution in [2.45, 2.75) is 19.4 Å². The smallest absolute Gasteiger partial charge is 0.228 e. The Morgan fingerprint density at radius 2 is 1.62 bits per heavy atom. The normalized spacial score (nSPS) is 10.9. The summed E-state index contributed by atoms with van der Waals surface area (Å²) in [4.78, 5) is 12.5. The number of hydrogen-bond acceptors (Lipinski definition) is 5. The van der Waals surface area contributed by atoms with Crippen molar-refractivity contribution < 1.29 is 15.0 Å². The van der Waals surface area contributed by atoms with Gasteiger partial charge in [-0.3, -0.25) is 15.6 Å². The van der Waals surface area contributed by atoms with Gasteiger partial charge in [0.1, 0.15) is 23.5 Å². The first-order valence-electron chi connectivity index (χ1n) is 9.85. The van der Waals surface area contributed by atoms with Crippen molar-refractivity contribution in [3.8, 4) is 5.75 Å². The standard InChI is InChI=1S/C24H25N5O3.2ClH/c1-13-9-18(29-21(31)12-17-11-16(24(27)28)5-8-20(17)30)6-7-19(13)22(32)14-3-2-4-15(10-14)23(25)26;;/h2-11,22,30,32H,12H2,1H3,(H3,25,26)(H3,27,28)(H,29,31);2*1H. The number of nitrogen functional groups attached to an aromatic ring is 2. The van der Waals surface area contributed by atoms with Crippen molar-refractivity contribution in [3.63, 3.8) is 0 Å². The van der Waals surface area contributed by atoms with Crippen LogP contribution >= 0.6 is 24.8 Å². The summed E-state index contributed by atoms with van der Waals surface area (Å²) in [7, 11) is 0. The number of carbonyl (C=O) groups is 1. The largest absolute Gasteiger partial charge is 0.508 e. The van der Waals surface area contributed by atoms with Crippen LogP contribution in [-0.2, 0) is 11.2 Å². The minimum atomic E-state index is -0.912. The first-order valence-corrected chi connectivity index (χ1v) is 9.85. The number of aromatic hydroxyl groups is 1. The number of aryl methyl sites for hydroxylation is 1. The maximum Gasteiger partial charge on any atom is 0.228 e. The zero-order chi connectivity index (χ0) is 23.4. The molecule has 0 saturated heterocycles. The number of anilines is 1. The molecule has 0 saturated carbocycles. The van der Waals surface area contributed by atoms with Crippen molar-refractivity contribution in [2.75, 3.05) is 5.32 Å². The molecule has 9 N–H and O–H groups in total. The van der Waals surface area contributed by atoms with Crippen molar-refractivity contribution in [1.82, 2.24) is 0 Å². The maximum absolute atomic E-state index is 12.5. The Morgan fingerprint density at radius 1 is 0.971 bits per heavy atom. The summed E-state index contributed by atoms with van der Waals surface area (Å²) in [5.41, 5.74) is 14.9. The molecule has 1 amide bonds. The molecule has 0 aliphatic carbocycles. The number of hydrogen-bond donors (Lipinski definition) is 7. The molecule has 0 radical (unpaired) electrons. The monoisotopic (exact) mass is 503 g/mol. The van der Waals surface area contributed by atoms with Crippen molar-refractivity contribution >= 4 is 48.1 Å². The summed E-state index contributed by atoms with van der Waals surface area (Å²) >= 11 is 0. The Morgan fingerprint density at radius 3 is 2.24 bits per heavy atom. The number of phenolic OH excluding ortho intramolecular Hbond substituents is 1. The number of amidine groups is 2. The van der Waals surface area contributed by atoms with Crippen molar-refractivity contribution in [3.05, 3.63) is 94.0 Å². The van der Waals surface area contributed by atoms with Gasteiger partial charge in [0.05, 0.1) is 6.42 Å². The molecule has 0 aliphatic rings. The van der Waals surface area contributed by atoms with Gasteiger partial charge in [-0.25, -0.2) is 0 Å². The number of nitrogens with one attached hydrogen (secondary N) is 3. The molecule has 10 heteroatoms. The summed E-state index contributed by atoms with van der Waals surface area (Å²) in [6, 6.07) is 16.4. The summed E-state index contributed by atoms with van der Waals surface area (Å²) in [5, 5.41) is 38.6. The van der Waals surface area contributed by atoms with E-state index in [-0.39, 0.29) is 54.6 Å². The molecule has 3 aromatic rings. The fourth-order valence-electron chi connectivity index (χ4n) is 3.39. The highest BCUT2D eigenvalue weighted by Crippen LogP contribution is 2.28. The van der Waals surface area contributed by atoms with Crippen molar-refractivity contribution in [1.29, 1.82) is 10.8 Å². The second kappa shape index (κ2) is 12.0. The van der Waals surface area contributed by atoms with Crippen LogP contribution in [0.5, 0.6) is 5.75 Å². The highest BCUT2D eigenvalue weighted by molar-refractivity contribution is 5.97. The molecule has 1 unspecified atom stereocenters. The topological polar surface area (TPSA) is 169 Å². The number of halogens is 2. The molecule has 3 rings (SSSR count). The van der Waals surface area contributed by atoms with Gasteiger partial charge in [0, 0.05) is 22.4 Å². The van der Waals surface area contributed by atoms with Gasteiger partial charge in [-0.1, -0.05) is 24.3 Å². The highest BCUT2D eigenvalue weighted by atomic mass is 35.5. The molecule has 8 nitrogen and oxygen atoms in total. The zero-order valence-corrected chi connectivity index (χ0v) is 20.0. The van der Waals surface area contributed by atoms with E-state index in [1.54, 1.807) is 42.5 Å². The summed E-state index contributed by atoms with van der Waals surface area (Å²) in [5.74, 6) is -0.616. The van der Waals surface area contributed by atoms with E-state index in [0.717, 1.165) is 5.56 Å². The highest BCUT2D eigenvalue weighted by Gasteiger charge is 2.15. The Bertz CT molecular complexity index is 1220. The summed E-state index contributed by atoms with van der Waals surface area (Å²) in [6.45, 7) is 1.82. The first kappa shape index (κ1) is 28.4. The predicted octanol–water partition coefficient (Wildman–Crippen LogP) is 3.38. The summed E-state index contributed by atoms with van der Waals surface area (Å²) in [6.07, 6.45) is -1.00. The van der Waals surface area contributed by atoms with Crippen LogP contribution in [-0.4, -0.2) is 27.8 Å². The molecule has 3 aromatic carbocycles. The lowest BCUT2D eigenvalue weighted by Gasteiger charge is -2.16. The van der Waals surface area contributed by atoms with Gasteiger partial charge in [-0.15, -0.1) is 24.8 Å². The lowest BCUT2D eigenvalue weighted by atomic mass is 9.95. The Hall–Kier alpha value is -3.59. The molecule has 34 heavy (non-hydrogen) atoms. The number of aliphatic hydroxyl groups excluding tert-OH is 1. The molecule has 0 aliphatic heterocycles. The van der Waals surface area contributed by atoms with E-state index in [1.165, 1.54) is 18.2 Å². The summed E-state index contributed by atoms with van der Waals surface area (Å²) < 4.78 is 0. The second-order valence-corrected chi connectivity index (χ2v) is 7.50. The van der Waals surface area contributed by atoms with Crippen LogP contribution in [0.3, 0.4) is 0 Å². The number of phenols is 1. The fraction of sp³-hybridized carbons (Fsp3) is 0.125.